The van der Waals surface area contributed by atoms with Crippen LogP contribution in [0.2, 0.25) is 0 Å². The van der Waals surface area contributed by atoms with Crippen LogP contribution in [0, 0.1) is 0 Å². The molecule has 4 unspecified atom stereocenters. The van der Waals surface area contributed by atoms with E-state index in [2.05, 4.69) is 16.0 Å². The predicted molar refractivity (Wildman–Crippen MR) is 141 cm³/mol. The minimum Gasteiger partial charge on any atom is -0.480 e. The van der Waals surface area contributed by atoms with Crippen LogP contribution in [0.3, 0.4) is 0 Å². The summed E-state index contributed by atoms with van der Waals surface area (Å²) in [6, 6.07) is 3.84. The molecular weight excluding hydrogens is 516 g/mol. The number of carboxylic acids is 1. The summed E-state index contributed by atoms with van der Waals surface area (Å²) in [6.45, 7) is 0. The quantitative estimate of drug-likeness (QED) is 0.111. The molecule has 4 atom stereocenters. The molecule has 0 heterocycles. The highest BCUT2D eigenvalue weighted by molar-refractivity contribution is 7.98. The number of carbonyl (C=O) groups excluding carboxylic acids is 5. The molecule has 210 valence electrons. The Morgan fingerprint density at radius 1 is 0.789 bits per heavy atom. The number of nitrogens with two attached hydrogens (primary N) is 3. The molecule has 1 rings (SSSR count). The van der Waals surface area contributed by atoms with Crippen LogP contribution in [0.5, 0.6) is 0 Å². The molecule has 10 N–H and O–H groups in total. The van der Waals surface area contributed by atoms with E-state index in [1.54, 1.807) is 30.3 Å². The molecule has 5 amide bonds. The topological polar surface area (TPSA) is 237 Å². The van der Waals surface area contributed by atoms with E-state index < -0.39 is 59.7 Å². The third-order valence-electron chi connectivity index (χ3n) is 5.49. The minimum absolute atomic E-state index is 0.00963. The van der Waals surface area contributed by atoms with Crippen LogP contribution in [0.15, 0.2) is 30.3 Å². The number of thioether (sulfide) groups is 1. The molecule has 13 nitrogen and oxygen atoms in total. The van der Waals surface area contributed by atoms with E-state index in [1.807, 2.05) is 6.26 Å². The lowest BCUT2D eigenvalue weighted by atomic mass is 10.0. The first-order chi connectivity index (χ1) is 17.9. The number of nitrogens with one attached hydrogen (secondary N) is 3. The van der Waals surface area contributed by atoms with Crippen molar-refractivity contribution in [2.75, 3.05) is 12.0 Å². The molecule has 0 aliphatic carbocycles. The maximum atomic E-state index is 13.2. The molecule has 14 heteroatoms. The van der Waals surface area contributed by atoms with Crippen molar-refractivity contribution in [2.24, 2.45) is 17.2 Å². The van der Waals surface area contributed by atoms with Crippen LogP contribution in [0.4, 0.5) is 0 Å². The van der Waals surface area contributed by atoms with E-state index in [1.165, 1.54) is 11.8 Å². The molecule has 0 saturated heterocycles. The molecule has 0 saturated carbocycles. The third-order valence-corrected chi connectivity index (χ3v) is 6.14. The van der Waals surface area contributed by atoms with Gasteiger partial charge < -0.3 is 38.3 Å². The van der Waals surface area contributed by atoms with Gasteiger partial charge in [-0.15, -0.1) is 0 Å². The standard InChI is InChI=1S/C24H36N6O7S/c1-38-12-11-15(25)21(33)28-16(7-9-19(26)31)22(34)30-18(13-14-5-3-2-4-6-14)23(35)29-17(24(36)37)8-10-20(27)32/h2-6,15-18H,7-13,25H2,1H3,(H2,26,31)(H2,27,32)(H,28,33)(H,29,35)(H,30,34)(H,36,37). The summed E-state index contributed by atoms with van der Waals surface area (Å²) in [5.74, 6) is -4.40. The fourth-order valence-corrected chi connectivity index (χ4v) is 3.85. The molecular formula is C24H36N6O7S. The van der Waals surface area contributed by atoms with Crippen LogP contribution in [-0.2, 0) is 35.2 Å². The first kappa shape index (κ1) is 32.4. The Bertz CT molecular complexity index is 978. The van der Waals surface area contributed by atoms with Crippen molar-refractivity contribution >= 4 is 47.3 Å². The number of primary amides is 2. The Hall–Kier alpha value is -3.65. The van der Waals surface area contributed by atoms with Gasteiger partial charge in [-0.05, 0) is 36.8 Å². The summed E-state index contributed by atoms with van der Waals surface area (Å²) in [4.78, 5) is 72.9. The number of hydrogen-bond donors (Lipinski definition) is 7. The van der Waals surface area contributed by atoms with Gasteiger partial charge in [0, 0.05) is 19.3 Å². The summed E-state index contributed by atoms with van der Waals surface area (Å²) in [7, 11) is 0. The highest BCUT2D eigenvalue weighted by atomic mass is 32.2. The smallest absolute Gasteiger partial charge is 0.326 e. The maximum Gasteiger partial charge on any atom is 0.326 e. The average Bonchev–Trinajstić information content (AvgIpc) is 2.86. The Morgan fingerprint density at radius 3 is 1.82 bits per heavy atom. The monoisotopic (exact) mass is 552 g/mol. The molecule has 0 radical (unpaired) electrons. The van der Waals surface area contributed by atoms with Crippen LogP contribution in [0.1, 0.15) is 37.7 Å². The number of carbonyl (C=O) groups is 6. The van der Waals surface area contributed by atoms with Crippen LogP contribution >= 0.6 is 11.8 Å². The van der Waals surface area contributed by atoms with Crippen LogP contribution in [0.25, 0.3) is 0 Å². The van der Waals surface area contributed by atoms with Crippen molar-refractivity contribution < 1.29 is 33.9 Å². The van der Waals surface area contributed by atoms with E-state index in [0.717, 1.165) is 0 Å². The summed E-state index contributed by atoms with van der Waals surface area (Å²) in [6.07, 6.45) is 1.33. The van der Waals surface area contributed by atoms with Crippen LogP contribution in [-0.4, -0.2) is 76.8 Å². The lowest BCUT2D eigenvalue weighted by Gasteiger charge is -2.25. The highest BCUT2D eigenvalue weighted by Crippen LogP contribution is 2.08. The molecule has 0 spiro atoms. The lowest BCUT2D eigenvalue weighted by Crippen LogP contribution is -2.57. The molecule has 38 heavy (non-hydrogen) atoms. The summed E-state index contributed by atoms with van der Waals surface area (Å²) < 4.78 is 0. The van der Waals surface area contributed by atoms with Crippen molar-refractivity contribution in [3.63, 3.8) is 0 Å². The van der Waals surface area contributed by atoms with Gasteiger partial charge in [-0.1, -0.05) is 30.3 Å². The minimum atomic E-state index is -1.43. The number of rotatable bonds is 18. The van der Waals surface area contributed by atoms with Gasteiger partial charge in [0.25, 0.3) is 0 Å². The Balaban J connectivity index is 3.12. The van der Waals surface area contributed by atoms with Crippen molar-refractivity contribution in [3.8, 4) is 0 Å². The second-order valence-electron chi connectivity index (χ2n) is 8.61. The lowest BCUT2D eigenvalue weighted by molar-refractivity contribution is -0.142. The Labute approximate surface area is 225 Å². The molecule has 0 aromatic heterocycles. The first-order valence-corrected chi connectivity index (χ1v) is 13.3. The highest BCUT2D eigenvalue weighted by Gasteiger charge is 2.30. The van der Waals surface area contributed by atoms with Gasteiger partial charge in [0.05, 0.1) is 6.04 Å². The number of carboxylic acid groups (broad SMARTS) is 1. The van der Waals surface area contributed by atoms with Crippen molar-refractivity contribution in [1.29, 1.82) is 0 Å². The number of benzene rings is 1. The second kappa shape index (κ2) is 17.0. The van der Waals surface area contributed by atoms with Gasteiger partial charge in [0.2, 0.25) is 29.5 Å². The van der Waals surface area contributed by atoms with Crippen molar-refractivity contribution in [1.82, 2.24) is 16.0 Å². The first-order valence-electron chi connectivity index (χ1n) is 11.9. The van der Waals surface area contributed by atoms with Gasteiger partial charge in [-0.3, -0.25) is 24.0 Å². The zero-order valence-corrected chi connectivity index (χ0v) is 22.0. The van der Waals surface area contributed by atoms with Crippen molar-refractivity contribution in [3.05, 3.63) is 35.9 Å². The summed E-state index contributed by atoms with van der Waals surface area (Å²) in [5, 5.41) is 16.8. The van der Waals surface area contributed by atoms with E-state index >= 15 is 0 Å². The van der Waals surface area contributed by atoms with Gasteiger partial charge in [0.15, 0.2) is 0 Å². The summed E-state index contributed by atoms with van der Waals surface area (Å²) >= 11 is 1.50. The molecule has 1 aromatic carbocycles. The van der Waals surface area contributed by atoms with Gasteiger partial charge in [-0.25, -0.2) is 4.79 Å². The van der Waals surface area contributed by atoms with Gasteiger partial charge in [0.1, 0.15) is 18.1 Å². The fourth-order valence-electron chi connectivity index (χ4n) is 3.36. The van der Waals surface area contributed by atoms with Crippen LogP contribution < -0.4 is 33.2 Å². The van der Waals surface area contributed by atoms with E-state index in [9.17, 15) is 33.9 Å². The zero-order valence-electron chi connectivity index (χ0n) is 21.2. The largest absolute Gasteiger partial charge is 0.480 e. The third kappa shape index (κ3) is 12.5. The zero-order chi connectivity index (χ0) is 28.7. The average molecular weight is 553 g/mol. The Morgan fingerprint density at radius 2 is 1.29 bits per heavy atom. The number of amides is 5. The predicted octanol–water partition coefficient (Wildman–Crippen LogP) is -1.62. The van der Waals surface area contributed by atoms with E-state index in [-0.39, 0.29) is 32.1 Å². The molecule has 0 aliphatic rings. The maximum absolute atomic E-state index is 13.2. The molecule has 0 bridgehead atoms. The van der Waals surface area contributed by atoms with E-state index in [4.69, 9.17) is 17.2 Å². The number of hydrogen-bond acceptors (Lipinski definition) is 8. The molecule has 0 aliphatic heterocycles. The van der Waals surface area contributed by atoms with E-state index in [0.29, 0.717) is 17.7 Å². The second-order valence-corrected chi connectivity index (χ2v) is 9.60. The number of aliphatic carboxylic acids is 1. The molecule has 0 fully saturated rings. The summed E-state index contributed by atoms with van der Waals surface area (Å²) in [5.41, 5.74) is 16.9. The SMILES string of the molecule is CSCCC(N)C(=O)NC(CCC(N)=O)C(=O)NC(Cc1ccccc1)C(=O)NC(CCC(N)=O)C(=O)O. The van der Waals surface area contributed by atoms with Gasteiger partial charge in [-0.2, -0.15) is 11.8 Å². The molecule has 1 aromatic rings. The Kier molecular flexibility index (Phi) is 14.5. The van der Waals surface area contributed by atoms with Gasteiger partial charge >= 0.3 is 5.97 Å². The normalized spacial score (nSPS) is 13.8. The van der Waals surface area contributed by atoms with Crippen molar-refractivity contribution in [2.45, 2.75) is 62.7 Å². The fraction of sp³-hybridized carbons (Fsp3) is 0.500.